The van der Waals surface area contributed by atoms with Gasteiger partial charge in [0.25, 0.3) is 0 Å². The Morgan fingerprint density at radius 3 is 2.76 bits per heavy atom. The van der Waals surface area contributed by atoms with Crippen molar-refractivity contribution in [1.29, 1.82) is 0 Å². The Kier molecular flexibility index (Phi) is 3.77. The van der Waals surface area contributed by atoms with Gasteiger partial charge in [-0.15, -0.1) is 5.10 Å². The van der Waals surface area contributed by atoms with E-state index in [9.17, 15) is 4.79 Å². The number of benzene rings is 1. The van der Waals surface area contributed by atoms with Gasteiger partial charge in [0.1, 0.15) is 5.75 Å². The third-order valence-electron chi connectivity index (χ3n) is 2.06. The monoisotopic (exact) mass is 249 g/mol. The summed E-state index contributed by atoms with van der Waals surface area (Å²) in [5.74, 6) is 1.18. The Labute approximate surface area is 103 Å². The molecule has 1 aliphatic rings. The summed E-state index contributed by atoms with van der Waals surface area (Å²) in [6, 6.07) is 7.45. The lowest BCUT2D eigenvalue weighted by atomic mass is 10.2. The highest BCUT2D eigenvalue weighted by Crippen LogP contribution is 2.10. The SMILES string of the molecule is COc1ccc(/C=N\N=C2\NC(=O)CS2)cc1. The first kappa shape index (κ1) is 11.7. The molecule has 0 spiro atoms. The molecule has 6 heteroatoms. The van der Waals surface area contributed by atoms with Gasteiger partial charge in [-0.3, -0.25) is 4.79 Å². The van der Waals surface area contributed by atoms with Crippen LogP contribution in [0.1, 0.15) is 5.56 Å². The van der Waals surface area contributed by atoms with E-state index in [1.54, 1.807) is 13.3 Å². The lowest BCUT2D eigenvalue weighted by molar-refractivity contribution is -0.116. The Balaban J connectivity index is 1.98. The van der Waals surface area contributed by atoms with E-state index >= 15 is 0 Å². The molecule has 1 aliphatic heterocycles. The highest BCUT2D eigenvalue weighted by Gasteiger charge is 2.15. The highest BCUT2D eigenvalue weighted by atomic mass is 32.2. The van der Waals surface area contributed by atoms with E-state index in [0.717, 1.165) is 11.3 Å². The zero-order valence-electron chi connectivity index (χ0n) is 9.21. The maximum absolute atomic E-state index is 10.9. The molecule has 0 aliphatic carbocycles. The first-order valence-corrected chi connectivity index (χ1v) is 5.94. The fourth-order valence-corrected chi connectivity index (χ4v) is 1.85. The van der Waals surface area contributed by atoms with Crippen LogP contribution >= 0.6 is 11.8 Å². The van der Waals surface area contributed by atoms with Crippen LogP contribution in [0.25, 0.3) is 0 Å². The predicted molar refractivity (Wildman–Crippen MR) is 68.6 cm³/mol. The summed E-state index contributed by atoms with van der Waals surface area (Å²) in [7, 11) is 1.62. The number of thioether (sulfide) groups is 1. The first-order valence-electron chi connectivity index (χ1n) is 4.95. The van der Waals surface area contributed by atoms with E-state index in [1.807, 2.05) is 24.3 Å². The van der Waals surface area contributed by atoms with Crippen LogP contribution in [0.4, 0.5) is 0 Å². The third kappa shape index (κ3) is 3.32. The van der Waals surface area contributed by atoms with E-state index in [1.165, 1.54) is 11.8 Å². The molecule has 1 aromatic carbocycles. The molecule has 2 rings (SSSR count). The number of hydrogen-bond acceptors (Lipinski definition) is 5. The van der Waals surface area contributed by atoms with Gasteiger partial charge < -0.3 is 10.1 Å². The predicted octanol–water partition coefficient (Wildman–Crippen LogP) is 1.25. The molecule has 5 nitrogen and oxygen atoms in total. The van der Waals surface area contributed by atoms with Crippen molar-refractivity contribution in [2.75, 3.05) is 12.9 Å². The molecule has 17 heavy (non-hydrogen) atoms. The summed E-state index contributed by atoms with van der Waals surface area (Å²) in [4.78, 5) is 10.9. The average molecular weight is 249 g/mol. The van der Waals surface area contributed by atoms with Gasteiger partial charge in [-0.25, -0.2) is 0 Å². The Bertz CT molecular complexity index is 468. The fourth-order valence-electron chi connectivity index (χ4n) is 1.22. The molecule has 88 valence electrons. The van der Waals surface area contributed by atoms with Crippen molar-refractivity contribution in [3.05, 3.63) is 29.8 Å². The average Bonchev–Trinajstić information content (AvgIpc) is 2.76. The van der Waals surface area contributed by atoms with Crippen LogP contribution in [0.5, 0.6) is 5.75 Å². The van der Waals surface area contributed by atoms with Gasteiger partial charge in [0.2, 0.25) is 5.91 Å². The maximum atomic E-state index is 10.9. The van der Waals surface area contributed by atoms with Gasteiger partial charge in [0, 0.05) is 0 Å². The van der Waals surface area contributed by atoms with E-state index in [0.29, 0.717) is 10.9 Å². The number of carbonyl (C=O) groups is 1. The number of amidine groups is 1. The number of methoxy groups -OCH3 is 1. The van der Waals surface area contributed by atoms with E-state index in [-0.39, 0.29) is 5.91 Å². The molecular weight excluding hydrogens is 238 g/mol. The van der Waals surface area contributed by atoms with Crippen LogP contribution in [-0.4, -0.2) is 30.2 Å². The molecular formula is C11H11N3O2S. The second-order valence-corrected chi connectivity index (χ2v) is 4.22. The minimum atomic E-state index is -0.0339. The summed E-state index contributed by atoms with van der Waals surface area (Å²) in [5, 5.41) is 10.9. The Morgan fingerprint density at radius 2 is 2.18 bits per heavy atom. The first-order chi connectivity index (χ1) is 8.28. The van der Waals surface area contributed by atoms with Crippen LogP contribution in [-0.2, 0) is 4.79 Å². The van der Waals surface area contributed by atoms with Crippen molar-refractivity contribution in [2.24, 2.45) is 10.2 Å². The molecule has 0 saturated carbocycles. The smallest absolute Gasteiger partial charge is 0.236 e. The Morgan fingerprint density at radius 1 is 1.41 bits per heavy atom. The van der Waals surface area contributed by atoms with Crippen LogP contribution in [0.2, 0.25) is 0 Å². The molecule has 0 aromatic heterocycles. The van der Waals surface area contributed by atoms with Crippen molar-refractivity contribution in [1.82, 2.24) is 5.32 Å². The number of rotatable bonds is 3. The summed E-state index contributed by atoms with van der Waals surface area (Å²) in [5.41, 5.74) is 0.921. The second-order valence-electron chi connectivity index (χ2n) is 3.26. The van der Waals surface area contributed by atoms with Gasteiger partial charge in [0.05, 0.1) is 19.1 Å². The number of amides is 1. The van der Waals surface area contributed by atoms with Crippen molar-refractivity contribution >= 4 is 29.1 Å². The number of nitrogens with one attached hydrogen (secondary N) is 1. The summed E-state index contributed by atoms with van der Waals surface area (Å²) in [6.45, 7) is 0. The zero-order chi connectivity index (χ0) is 12.1. The minimum absolute atomic E-state index is 0.0339. The molecule has 0 unspecified atom stereocenters. The molecule has 1 saturated heterocycles. The molecule has 0 radical (unpaired) electrons. The molecule has 1 N–H and O–H groups in total. The van der Waals surface area contributed by atoms with Gasteiger partial charge in [-0.05, 0) is 29.8 Å². The van der Waals surface area contributed by atoms with Crippen LogP contribution in [0.15, 0.2) is 34.5 Å². The van der Waals surface area contributed by atoms with Crippen molar-refractivity contribution in [2.45, 2.75) is 0 Å². The topological polar surface area (TPSA) is 63.1 Å². The molecule has 1 amide bonds. The summed E-state index contributed by atoms with van der Waals surface area (Å²) in [6.07, 6.45) is 1.62. The highest BCUT2D eigenvalue weighted by molar-refractivity contribution is 8.15. The molecule has 0 atom stereocenters. The lowest BCUT2D eigenvalue weighted by Gasteiger charge is -1.98. The standard InChI is InChI=1S/C11H11N3O2S/c1-16-9-4-2-8(3-5-9)6-12-14-11-13-10(15)7-17-11/h2-6H,7H2,1H3,(H,13,14,15)/b12-6-. The van der Waals surface area contributed by atoms with Crippen molar-refractivity contribution < 1.29 is 9.53 Å². The fraction of sp³-hybridized carbons (Fsp3) is 0.182. The zero-order valence-corrected chi connectivity index (χ0v) is 10.0. The van der Waals surface area contributed by atoms with Crippen molar-refractivity contribution in [3.8, 4) is 5.75 Å². The number of carbonyl (C=O) groups excluding carboxylic acids is 1. The Hall–Kier alpha value is -1.82. The summed E-state index contributed by atoms with van der Waals surface area (Å²) >= 11 is 1.35. The van der Waals surface area contributed by atoms with E-state index < -0.39 is 0 Å². The third-order valence-corrected chi connectivity index (χ3v) is 2.92. The molecule has 1 aromatic rings. The molecule has 1 heterocycles. The number of hydrogen-bond donors (Lipinski definition) is 1. The van der Waals surface area contributed by atoms with Gasteiger partial charge in [-0.1, -0.05) is 11.8 Å². The number of ether oxygens (including phenoxy) is 1. The summed E-state index contributed by atoms with van der Waals surface area (Å²) < 4.78 is 5.04. The number of nitrogens with zero attached hydrogens (tertiary/aromatic N) is 2. The minimum Gasteiger partial charge on any atom is -0.497 e. The van der Waals surface area contributed by atoms with E-state index in [2.05, 4.69) is 15.5 Å². The van der Waals surface area contributed by atoms with E-state index in [4.69, 9.17) is 4.74 Å². The largest absolute Gasteiger partial charge is 0.497 e. The normalized spacial score (nSPS) is 17.7. The molecule has 0 bridgehead atoms. The second kappa shape index (κ2) is 5.49. The molecule has 1 fully saturated rings. The van der Waals surface area contributed by atoms with Gasteiger partial charge >= 0.3 is 0 Å². The van der Waals surface area contributed by atoms with Gasteiger partial charge in [0.15, 0.2) is 5.17 Å². The van der Waals surface area contributed by atoms with Crippen molar-refractivity contribution in [3.63, 3.8) is 0 Å². The lowest BCUT2D eigenvalue weighted by Crippen LogP contribution is -2.19. The maximum Gasteiger partial charge on any atom is 0.236 e. The van der Waals surface area contributed by atoms with Crippen LogP contribution in [0.3, 0.4) is 0 Å². The van der Waals surface area contributed by atoms with Gasteiger partial charge in [-0.2, -0.15) is 5.10 Å². The quantitative estimate of drug-likeness (QED) is 0.647. The van der Waals surface area contributed by atoms with Crippen LogP contribution < -0.4 is 10.1 Å². The van der Waals surface area contributed by atoms with Crippen LogP contribution in [0, 0.1) is 0 Å².